The molecule has 1 atom stereocenters. The second kappa shape index (κ2) is 8.67. The van der Waals surface area contributed by atoms with Crippen LogP contribution in [0, 0.1) is 5.92 Å². The van der Waals surface area contributed by atoms with E-state index in [0.717, 1.165) is 29.7 Å². The second-order valence-electron chi connectivity index (χ2n) is 5.62. The summed E-state index contributed by atoms with van der Waals surface area (Å²) in [6, 6.07) is 5.90. The third kappa shape index (κ3) is 5.05. The first-order valence-corrected chi connectivity index (χ1v) is 7.82. The fourth-order valence-corrected chi connectivity index (χ4v) is 2.43. The third-order valence-electron chi connectivity index (χ3n) is 3.80. The van der Waals surface area contributed by atoms with Crippen molar-refractivity contribution in [3.63, 3.8) is 0 Å². The minimum absolute atomic E-state index is 0.0196. The van der Waals surface area contributed by atoms with E-state index in [2.05, 4.69) is 24.5 Å². The molecule has 118 valence electrons. The summed E-state index contributed by atoms with van der Waals surface area (Å²) < 4.78 is 0. The molecule has 21 heavy (non-hydrogen) atoms. The van der Waals surface area contributed by atoms with E-state index in [9.17, 15) is 4.79 Å². The van der Waals surface area contributed by atoms with Crippen molar-refractivity contribution in [1.82, 2.24) is 5.32 Å². The number of aliphatic hydroxyl groups is 1. The highest BCUT2D eigenvalue weighted by atomic mass is 16.3. The number of amides is 2. The quantitative estimate of drug-likeness (QED) is 0.722. The van der Waals surface area contributed by atoms with Crippen molar-refractivity contribution in [2.24, 2.45) is 5.92 Å². The number of hydrogen-bond donors (Lipinski definition) is 3. The van der Waals surface area contributed by atoms with Gasteiger partial charge in [-0.15, -0.1) is 0 Å². The number of para-hydroxylation sites is 1. The minimum Gasteiger partial charge on any atom is -0.396 e. The zero-order valence-electron chi connectivity index (χ0n) is 13.6. The standard InChI is InChI=1S/C17H28N2O2/c1-5-13-8-7-9-14(6-2)16(13)19-17(21)18-15(10-11-20)12(3)4/h7-9,12,15,20H,5-6,10-11H2,1-4H3,(H2,18,19,21). The van der Waals surface area contributed by atoms with E-state index in [-0.39, 0.29) is 24.6 Å². The number of aryl methyl sites for hydroxylation is 2. The largest absolute Gasteiger partial charge is 0.396 e. The van der Waals surface area contributed by atoms with Gasteiger partial charge in [-0.05, 0) is 36.3 Å². The van der Waals surface area contributed by atoms with E-state index in [0.29, 0.717) is 6.42 Å². The summed E-state index contributed by atoms with van der Waals surface area (Å²) >= 11 is 0. The van der Waals surface area contributed by atoms with Crippen LogP contribution in [0.1, 0.15) is 45.2 Å². The van der Waals surface area contributed by atoms with Gasteiger partial charge in [0.1, 0.15) is 0 Å². The number of urea groups is 1. The number of rotatable bonds is 7. The molecule has 0 aliphatic carbocycles. The number of aliphatic hydroxyl groups excluding tert-OH is 1. The molecule has 2 amide bonds. The Morgan fingerprint density at radius 3 is 2.19 bits per heavy atom. The maximum atomic E-state index is 12.2. The normalized spacial score (nSPS) is 12.3. The van der Waals surface area contributed by atoms with Gasteiger partial charge in [-0.3, -0.25) is 0 Å². The molecule has 0 radical (unpaired) electrons. The molecule has 0 saturated heterocycles. The highest BCUT2D eigenvalue weighted by Gasteiger charge is 2.17. The predicted octanol–water partition coefficient (Wildman–Crippen LogP) is 3.34. The lowest BCUT2D eigenvalue weighted by atomic mass is 10.0. The lowest BCUT2D eigenvalue weighted by Crippen LogP contribution is -2.41. The van der Waals surface area contributed by atoms with E-state index in [1.807, 2.05) is 32.0 Å². The summed E-state index contributed by atoms with van der Waals surface area (Å²) in [7, 11) is 0. The van der Waals surface area contributed by atoms with Crippen molar-refractivity contribution in [2.75, 3.05) is 11.9 Å². The molecule has 0 fully saturated rings. The highest BCUT2D eigenvalue weighted by molar-refractivity contribution is 5.91. The van der Waals surface area contributed by atoms with Gasteiger partial charge in [0.15, 0.2) is 0 Å². The Bertz CT molecular complexity index is 436. The molecular formula is C17H28N2O2. The second-order valence-corrected chi connectivity index (χ2v) is 5.62. The lowest BCUT2D eigenvalue weighted by Gasteiger charge is -2.23. The number of carbonyl (C=O) groups is 1. The molecule has 0 aliphatic heterocycles. The molecule has 0 bridgehead atoms. The van der Waals surface area contributed by atoms with Crippen LogP contribution in [0.5, 0.6) is 0 Å². The average Bonchev–Trinajstić information content (AvgIpc) is 2.46. The zero-order valence-corrected chi connectivity index (χ0v) is 13.6. The number of carbonyl (C=O) groups excluding carboxylic acids is 1. The molecule has 4 nitrogen and oxygen atoms in total. The number of hydrogen-bond acceptors (Lipinski definition) is 2. The van der Waals surface area contributed by atoms with Gasteiger partial charge in [0.25, 0.3) is 0 Å². The van der Waals surface area contributed by atoms with Crippen LogP contribution in [-0.2, 0) is 12.8 Å². The molecule has 1 aromatic carbocycles. The van der Waals surface area contributed by atoms with Crippen LogP contribution in [0.2, 0.25) is 0 Å². The van der Waals surface area contributed by atoms with Crippen LogP contribution in [-0.4, -0.2) is 23.8 Å². The van der Waals surface area contributed by atoms with Gasteiger partial charge in [-0.1, -0.05) is 45.9 Å². The molecule has 0 heterocycles. The van der Waals surface area contributed by atoms with Crippen LogP contribution in [0.15, 0.2) is 18.2 Å². The Hall–Kier alpha value is -1.55. The van der Waals surface area contributed by atoms with Gasteiger partial charge in [-0.25, -0.2) is 4.79 Å². The molecule has 0 saturated carbocycles. The van der Waals surface area contributed by atoms with Gasteiger partial charge < -0.3 is 15.7 Å². The van der Waals surface area contributed by atoms with Gasteiger partial charge in [-0.2, -0.15) is 0 Å². The van der Waals surface area contributed by atoms with E-state index < -0.39 is 0 Å². The van der Waals surface area contributed by atoms with Crippen molar-refractivity contribution < 1.29 is 9.90 Å². The Morgan fingerprint density at radius 2 is 1.76 bits per heavy atom. The Labute approximate surface area is 128 Å². The monoisotopic (exact) mass is 292 g/mol. The highest BCUT2D eigenvalue weighted by Crippen LogP contribution is 2.22. The maximum absolute atomic E-state index is 12.2. The smallest absolute Gasteiger partial charge is 0.319 e. The van der Waals surface area contributed by atoms with Crippen molar-refractivity contribution >= 4 is 11.7 Å². The van der Waals surface area contributed by atoms with E-state index in [1.54, 1.807) is 0 Å². The maximum Gasteiger partial charge on any atom is 0.319 e. The average molecular weight is 292 g/mol. The van der Waals surface area contributed by atoms with Gasteiger partial charge >= 0.3 is 6.03 Å². The molecule has 1 aromatic rings. The summed E-state index contributed by atoms with van der Waals surface area (Å²) in [6.07, 6.45) is 2.34. The Balaban J connectivity index is 2.83. The third-order valence-corrected chi connectivity index (χ3v) is 3.80. The first-order valence-electron chi connectivity index (χ1n) is 7.82. The molecule has 1 rings (SSSR count). The van der Waals surface area contributed by atoms with Gasteiger partial charge in [0, 0.05) is 18.3 Å². The van der Waals surface area contributed by atoms with Crippen LogP contribution in [0.25, 0.3) is 0 Å². The van der Waals surface area contributed by atoms with Crippen LogP contribution in [0.4, 0.5) is 10.5 Å². The van der Waals surface area contributed by atoms with Crippen molar-refractivity contribution in [3.8, 4) is 0 Å². The van der Waals surface area contributed by atoms with Crippen molar-refractivity contribution in [1.29, 1.82) is 0 Å². The lowest BCUT2D eigenvalue weighted by molar-refractivity contribution is 0.227. The number of benzene rings is 1. The Kier molecular flexibility index (Phi) is 7.23. The van der Waals surface area contributed by atoms with E-state index in [4.69, 9.17) is 5.11 Å². The molecular weight excluding hydrogens is 264 g/mol. The number of anilines is 1. The predicted molar refractivity (Wildman–Crippen MR) is 87.7 cm³/mol. The molecule has 0 aliphatic rings. The molecule has 3 N–H and O–H groups in total. The SMILES string of the molecule is CCc1cccc(CC)c1NC(=O)NC(CCO)C(C)C. The van der Waals surface area contributed by atoms with Gasteiger partial charge in [0.05, 0.1) is 0 Å². The Morgan fingerprint density at radius 1 is 1.19 bits per heavy atom. The van der Waals surface area contributed by atoms with Crippen LogP contribution >= 0.6 is 0 Å². The van der Waals surface area contributed by atoms with Crippen molar-refractivity contribution in [3.05, 3.63) is 29.3 Å². The van der Waals surface area contributed by atoms with Crippen LogP contribution in [0.3, 0.4) is 0 Å². The first kappa shape index (κ1) is 17.5. The molecule has 1 unspecified atom stereocenters. The van der Waals surface area contributed by atoms with Crippen molar-refractivity contribution in [2.45, 2.75) is 53.0 Å². The number of nitrogens with one attached hydrogen (secondary N) is 2. The molecule has 0 aromatic heterocycles. The van der Waals surface area contributed by atoms with Gasteiger partial charge in [0.2, 0.25) is 0 Å². The summed E-state index contributed by atoms with van der Waals surface area (Å²) in [5, 5.41) is 15.0. The fraction of sp³-hybridized carbons (Fsp3) is 0.588. The summed E-state index contributed by atoms with van der Waals surface area (Å²) in [5.41, 5.74) is 3.21. The first-order chi connectivity index (χ1) is 10.0. The summed E-state index contributed by atoms with van der Waals surface area (Å²) in [5.74, 6) is 0.287. The summed E-state index contributed by atoms with van der Waals surface area (Å²) in [4.78, 5) is 12.2. The van der Waals surface area contributed by atoms with Crippen LogP contribution < -0.4 is 10.6 Å². The molecule has 0 spiro atoms. The molecule has 4 heteroatoms. The minimum atomic E-state index is -0.197. The summed E-state index contributed by atoms with van der Waals surface area (Å²) in [6.45, 7) is 8.33. The fourth-order valence-electron chi connectivity index (χ4n) is 2.43. The zero-order chi connectivity index (χ0) is 15.8. The topological polar surface area (TPSA) is 61.4 Å². The van der Waals surface area contributed by atoms with E-state index in [1.165, 1.54) is 0 Å². The van der Waals surface area contributed by atoms with E-state index >= 15 is 0 Å².